The zero-order valence-corrected chi connectivity index (χ0v) is 8.75. The predicted octanol–water partition coefficient (Wildman–Crippen LogP) is 1.30. The number of carbonyl (C=O) groups excluding carboxylic acids is 1. The Labute approximate surface area is 88.9 Å². The lowest BCUT2D eigenvalue weighted by Crippen LogP contribution is -2.43. The van der Waals surface area contributed by atoms with Crippen LogP contribution in [0.15, 0.2) is 11.5 Å². The van der Waals surface area contributed by atoms with E-state index < -0.39 is 0 Å². The molecule has 15 heavy (non-hydrogen) atoms. The van der Waals surface area contributed by atoms with Crippen molar-refractivity contribution in [3.63, 3.8) is 0 Å². The summed E-state index contributed by atoms with van der Waals surface area (Å²) in [5.74, 6) is 0.418. The molecule has 4 nitrogen and oxygen atoms in total. The number of fused-ring (bicyclic) bond motifs is 1. The highest BCUT2D eigenvalue weighted by molar-refractivity contribution is 5.83. The Morgan fingerprint density at radius 1 is 1.40 bits per heavy atom. The van der Waals surface area contributed by atoms with Crippen molar-refractivity contribution >= 4 is 5.91 Å². The van der Waals surface area contributed by atoms with E-state index in [-0.39, 0.29) is 17.7 Å². The van der Waals surface area contributed by atoms with Crippen LogP contribution < -0.4 is 5.32 Å². The molecule has 0 aromatic heterocycles. The van der Waals surface area contributed by atoms with Crippen LogP contribution in [-0.4, -0.2) is 13.0 Å². The monoisotopic (exact) mass is 206 g/mol. The normalized spacial score (nSPS) is 30.3. The molecule has 0 aromatic carbocycles. The molecule has 2 rings (SSSR count). The molecule has 0 saturated heterocycles. The van der Waals surface area contributed by atoms with Crippen LogP contribution in [0.5, 0.6) is 0 Å². The molecule has 0 bridgehead atoms. The number of carbonyl (C=O) groups is 1. The number of rotatable bonds is 1. The first kappa shape index (κ1) is 10.0. The van der Waals surface area contributed by atoms with Crippen LogP contribution in [0.3, 0.4) is 0 Å². The van der Waals surface area contributed by atoms with Crippen molar-refractivity contribution in [3.8, 4) is 6.07 Å². The average Bonchev–Trinajstić information content (AvgIpc) is 2.29. The van der Waals surface area contributed by atoms with Gasteiger partial charge in [-0.1, -0.05) is 12.8 Å². The van der Waals surface area contributed by atoms with Crippen molar-refractivity contribution in [3.05, 3.63) is 11.5 Å². The SMILES string of the molecule is COC1=C(C#N)C2CCCCC2C(=O)N1. The van der Waals surface area contributed by atoms with Gasteiger partial charge in [0.1, 0.15) is 6.07 Å². The summed E-state index contributed by atoms with van der Waals surface area (Å²) in [4.78, 5) is 11.7. The number of nitriles is 1. The van der Waals surface area contributed by atoms with Gasteiger partial charge < -0.3 is 4.74 Å². The summed E-state index contributed by atoms with van der Waals surface area (Å²) in [6, 6.07) is 2.16. The van der Waals surface area contributed by atoms with Crippen LogP contribution in [0.25, 0.3) is 0 Å². The lowest BCUT2D eigenvalue weighted by Gasteiger charge is -2.34. The molecule has 1 aliphatic heterocycles. The van der Waals surface area contributed by atoms with Gasteiger partial charge in [0.25, 0.3) is 0 Å². The maximum atomic E-state index is 11.7. The summed E-state index contributed by atoms with van der Waals surface area (Å²) in [6.07, 6.45) is 3.98. The summed E-state index contributed by atoms with van der Waals surface area (Å²) >= 11 is 0. The Hall–Kier alpha value is -1.50. The number of nitrogens with one attached hydrogen (secondary N) is 1. The smallest absolute Gasteiger partial charge is 0.230 e. The van der Waals surface area contributed by atoms with Gasteiger partial charge in [-0.15, -0.1) is 0 Å². The molecule has 2 aliphatic rings. The molecule has 1 N–H and O–H groups in total. The third-order valence-electron chi connectivity index (χ3n) is 3.28. The minimum Gasteiger partial charge on any atom is -0.482 e. The van der Waals surface area contributed by atoms with E-state index in [9.17, 15) is 4.79 Å². The van der Waals surface area contributed by atoms with Crippen molar-refractivity contribution in [1.29, 1.82) is 5.26 Å². The molecule has 2 unspecified atom stereocenters. The highest BCUT2D eigenvalue weighted by Gasteiger charge is 2.39. The van der Waals surface area contributed by atoms with Gasteiger partial charge in [-0.25, -0.2) is 0 Å². The molecule has 1 aliphatic carbocycles. The second-order valence-electron chi connectivity index (χ2n) is 4.05. The van der Waals surface area contributed by atoms with Crippen molar-refractivity contribution in [2.24, 2.45) is 11.8 Å². The minimum absolute atomic E-state index is 0.00977. The number of methoxy groups -OCH3 is 1. The summed E-state index contributed by atoms with van der Waals surface area (Å²) in [5.41, 5.74) is 0.613. The van der Waals surface area contributed by atoms with Gasteiger partial charge >= 0.3 is 0 Å². The van der Waals surface area contributed by atoms with E-state index in [4.69, 9.17) is 10.00 Å². The fraction of sp³-hybridized carbons (Fsp3) is 0.636. The topological polar surface area (TPSA) is 62.1 Å². The van der Waals surface area contributed by atoms with E-state index in [1.165, 1.54) is 7.11 Å². The molecule has 2 atom stereocenters. The fourth-order valence-corrected chi connectivity index (χ4v) is 2.53. The molecular weight excluding hydrogens is 192 g/mol. The van der Waals surface area contributed by atoms with Crippen molar-refractivity contribution < 1.29 is 9.53 Å². The van der Waals surface area contributed by atoms with Gasteiger partial charge in [-0.2, -0.15) is 5.26 Å². The Kier molecular flexibility index (Phi) is 2.63. The van der Waals surface area contributed by atoms with Gasteiger partial charge in [0.05, 0.1) is 12.7 Å². The molecule has 80 valence electrons. The third-order valence-corrected chi connectivity index (χ3v) is 3.28. The van der Waals surface area contributed by atoms with E-state index in [1.807, 2.05) is 0 Å². The largest absolute Gasteiger partial charge is 0.482 e. The average molecular weight is 206 g/mol. The van der Waals surface area contributed by atoms with E-state index in [0.29, 0.717) is 11.5 Å². The maximum absolute atomic E-state index is 11.7. The Bertz CT molecular complexity index is 354. The zero-order valence-electron chi connectivity index (χ0n) is 8.75. The Morgan fingerprint density at radius 2 is 2.07 bits per heavy atom. The van der Waals surface area contributed by atoms with Crippen LogP contribution in [0.1, 0.15) is 25.7 Å². The molecule has 1 amide bonds. The number of hydrogen-bond donors (Lipinski definition) is 1. The molecule has 0 aromatic rings. The van der Waals surface area contributed by atoms with Crippen LogP contribution in [-0.2, 0) is 9.53 Å². The number of nitrogens with zero attached hydrogens (tertiary/aromatic N) is 1. The van der Waals surface area contributed by atoms with Crippen LogP contribution in [0.2, 0.25) is 0 Å². The van der Waals surface area contributed by atoms with E-state index in [0.717, 1.165) is 25.7 Å². The first-order valence-electron chi connectivity index (χ1n) is 5.27. The summed E-state index contributed by atoms with van der Waals surface area (Å²) in [7, 11) is 1.48. The van der Waals surface area contributed by atoms with Gasteiger partial charge in [0.2, 0.25) is 11.8 Å². The van der Waals surface area contributed by atoms with Gasteiger partial charge in [-0.05, 0) is 12.8 Å². The first-order valence-corrected chi connectivity index (χ1v) is 5.27. The number of amides is 1. The third kappa shape index (κ3) is 1.58. The van der Waals surface area contributed by atoms with Gasteiger partial charge in [-0.3, -0.25) is 10.1 Å². The molecule has 4 heteroatoms. The second-order valence-corrected chi connectivity index (χ2v) is 4.05. The summed E-state index contributed by atoms with van der Waals surface area (Å²) < 4.78 is 5.04. The summed E-state index contributed by atoms with van der Waals surface area (Å²) in [5, 5.41) is 11.7. The lowest BCUT2D eigenvalue weighted by molar-refractivity contribution is -0.128. The number of hydrogen-bond acceptors (Lipinski definition) is 3. The van der Waals surface area contributed by atoms with Crippen molar-refractivity contribution in [2.45, 2.75) is 25.7 Å². The minimum atomic E-state index is -0.0210. The van der Waals surface area contributed by atoms with E-state index in [1.54, 1.807) is 0 Å². The number of ether oxygens (including phenoxy) is 1. The molecule has 0 spiro atoms. The fourth-order valence-electron chi connectivity index (χ4n) is 2.53. The highest BCUT2D eigenvalue weighted by atomic mass is 16.5. The molecule has 1 saturated carbocycles. The quantitative estimate of drug-likeness (QED) is 0.703. The second kappa shape index (κ2) is 3.93. The summed E-state index contributed by atoms with van der Waals surface area (Å²) in [6.45, 7) is 0. The first-order chi connectivity index (χ1) is 7.27. The zero-order chi connectivity index (χ0) is 10.8. The number of allylic oxidation sites excluding steroid dienone is 1. The van der Waals surface area contributed by atoms with Crippen molar-refractivity contribution in [2.75, 3.05) is 7.11 Å². The predicted molar refractivity (Wildman–Crippen MR) is 53.2 cm³/mol. The maximum Gasteiger partial charge on any atom is 0.230 e. The van der Waals surface area contributed by atoms with Crippen LogP contribution >= 0.6 is 0 Å². The van der Waals surface area contributed by atoms with E-state index >= 15 is 0 Å². The standard InChI is InChI=1S/C11H14N2O2/c1-15-11-9(6-12)7-4-2-3-5-8(7)10(14)13-11/h7-8H,2-5H2,1H3,(H,13,14). The van der Waals surface area contributed by atoms with Gasteiger partial charge in [0, 0.05) is 11.8 Å². The Balaban J connectivity index is 2.36. The van der Waals surface area contributed by atoms with Gasteiger partial charge in [0.15, 0.2) is 0 Å². The highest BCUT2D eigenvalue weighted by Crippen LogP contribution is 2.38. The molecule has 1 fully saturated rings. The molecule has 1 heterocycles. The van der Waals surface area contributed by atoms with E-state index in [2.05, 4.69) is 11.4 Å². The van der Waals surface area contributed by atoms with Crippen molar-refractivity contribution in [1.82, 2.24) is 5.32 Å². The van der Waals surface area contributed by atoms with Crippen LogP contribution in [0.4, 0.5) is 0 Å². The lowest BCUT2D eigenvalue weighted by atomic mass is 9.73. The molecule has 0 radical (unpaired) electrons. The molecular formula is C11H14N2O2. The van der Waals surface area contributed by atoms with Crippen LogP contribution in [0, 0.1) is 23.2 Å². The Morgan fingerprint density at radius 3 is 2.67 bits per heavy atom.